The number of halogens is 1. The molecule has 2 N–H and O–H groups in total. The highest BCUT2D eigenvalue weighted by Gasteiger charge is 2.52. The van der Waals surface area contributed by atoms with Gasteiger partial charge in [-0.15, -0.1) is 13.2 Å². The molecule has 107 heavy (non-hydrogen) atoms. The van der Waals surface area contributed by atoms with Crippen LogP contribution in [0.15, 0.2) is 215 Å². The van der Waals surface area contributed by atoms with Gasteiger partial charge in [-0.1, -0.05) is 97.1 Å². The predicted molar refractivity (Wildman–Crippen MR) is 431 cm³/mol. The zero-order valence-electron chi connectivity index (χ0n) is 61.9. The van der Waals surface area contributed by atoms with Crippen molar-refractivity contribution in [2.75, 3.05) is 86.2 Å². The van der Waals surface area contributed by atoms with E-state index in [9.17, 15) is 34.0 Å². The number of rotatable bonds is 18. The van der Waals surface area contributed by atoms with E-state index in [4.69, 9.17) is 19.0 Å². The number of carbonyl (C=O) groups excluding carboxylic acids is 5. The Morgan fingerprint density at radius 3 is 1.47 bits per heavy atom. The van der Waals surface area contributed by atoms with Crippen molar-refractivity contribution < 1.29 is 53.0 Å². The number of aliphatic imine (C=N–C) groups is 1. The summed E-state index contributed by atoms with van der Waals surface area (Å²) in [6.07, 6.45) is 28.9. The second-order valence-electron chi connectivity index (χ2n) is 27.8. The molecule has 555 valence electrons. The van der Waals surface area contributed by atoms with Gasteiger partial charge in [0.2, 0.25) is 0 Å². The van der Waals surface area contributed by atoms with Crippen LogP contribution in [0.1, 0.15) is 45.7 Å². The van der Waals surface area contributed by atoms with Crippen LogP contribution in [0.25, 0.3) is 11.1 Å². The van der Waals surface area contributed by atoms with Gasteiger partial charge >= 0.3 is 52.8 Å². The Balaban J connectivity index is 0.000000129. The molecule has 5 fully saturated rings. The first kappa shape index (κ1) is 78.9. The molecule has 0 saturated carbocycles. The molecule has 32 heteroatoms. The fourth-order valence-corrected chi connectivity index (χ4v) is 18.2. The van der Waals surface area contributed by atoms with E-state index in [1.54, 1.807) is 76.4 Å². The van der Waals surface area contributed by atoms with Crippen LogP contribution in [0.4, 0.5) is 19.2 Å². The summed E-state index contributed by atoms with van der Waals surface area (Å²) in [4.78, 5) is 83.5. The molecule has 1 radical (unpaired) electrons. The van der Waals surface area contributed by atoms with Gasteiger partial charge in [-0.05, 0) is 136 Å². The van der Waals surface area contributed by atoms with Crippen LogP contribution in [0.5, 0.6) is 0 Å². The van der Waals surface area contributed by atoms with Gasteiger partial charge in [-0.2, -0.15) is 25.4 Å². The van der Waals surface area contributed by atoms with E-state index in [1.165, 1.54) is 62.0 Å². The molecule has 26 nitrogen and oxygen atoms in total. The summed E-state index contributed by atoms with van der Waals surface area (Å²) in [6.45, 7) is 27.6. The minimum absolute atomic E-state index is 0.0419. The lowest BCUT2D eigenvalue weighted by Gasteiger charge is -2.32. The van der Waals surface area contributed by atoms with E-state index in [0.29, 0.717) is 45.6 Å². The molecule has 16 rings (SSSR count). The average Bonchev–Trinajstić information content (AvgIpc) is 1.75. The second-order valence-corrected chi connectivity index (χ2v) is 32.5. The van der Waals surface area contributed by atoms with Crippen LogP contribution < -0.4 is 21.4 Å². The first-order chi connectivity index (χ1) is 51.4. The minimum atomic E-state index is -1.73. The summed E-state index contributed by atoms with van der Waals surface area (Å²) in [7, 11) is 1.54. The van der Waals surface area contributed by atoms with Crippen LogP contribution in [0, 0.1) is 0 Å². The number of amides is 8. The molecular weight excluding hydrogens is 1490 g/mol. The number of hydrogen-bond acceptors (Lipinski definition) is 15. The fourth-order valence-electron chi connectivity index (χ4n) is 13.5. The number of hydrogen-bond donors (Lipinski definition) is 2. The normalized spacial score (nSPS) is 21.0. The first-order valence-corrected chi connectivity index (χ1v) is 38.5. The van der Waals surface area contributed by atoms with Crippen molar-refractivity contribution in [2.45, 2.75) is 83.6 Å². The maximum Gasteiger partial charge on any atom is 0.498 e. The third kappa shape index (κ3) is 17.8. The van der Waals surface area contributed by atoms with Crippen LogP contribution in [0.2, 0.25) is 13.6 Å². The molecule has 0 aliphatic carbocycles. The van der Waals surface area contributed by atoms with Crippen molar-refractivity contribution in [2.24, 2.45) is 4.99 Å². The number of hydroxylamine groups is 4. The summed E-state index contributed by atoms with van der Waals surface area (Å²) in [5.74, 6) is 2.41. The van der Waals surface area contributed by atoms with Gasteiger partial charge in [0, 0.05) is 111 Å². The van der Waals surface area contributed by atoms with Crippen molar-refractivity contribution >= 4 is 128 Å². The summed E-state index contributed by atoms with van der Waals surface area (Å²) in [5, 5.41) is 38.2. The number of benzene rings is 3. The maximum absolute atomic E-state index is 12.2. The Morgan fingerprint density at radius 1 is 0.617 bits per heavy atom. The molecule has 10 aliphatic rings. The lowest BCUT2D eigenvalue weighted by molar-refractivity contribution is -0.107. The lowest BCUT2D eigenvalue weighted by atomic mass is 9.81. The number of fused-ring (bicyclic) bond motifs is 8. The van der Waals surface area contributed by atoms with E-state index in [-0.39, 0.29) is 59.5 Å². The molecule has 0 spiro atoms. The quantitative estimate of drug-likeness (QED) is 0.0289. The van der Waals surface area contributed by atoms with E-state index >= 15 is 0 Å². The number of likely N-dealkylation sites (N-methyl/N-ethyl adjacent to an activating group) is 2. The molecule has 8 bridgehead atoms. The number of allylic oxidation sites excluding steroid dienone is 1. The third-order valence-electron chi connectivity index (χ3n) is 19.9. The zero-order chi connectivity index (χ0) is 76.3. The molecule has 3 aromatic carbocycles. The topological polar surface area (TPSA) is 254 Å². The van der Waals surface area contributed by atoms with E-state index in [2.05, 4.69) is 190 Å². The largest absolute Gasteiger partial charge is 0.498 e. The fraction of sp³-hybridized carbons (Fsp3) is 0.347. The van der Waals surface area contributed by atoms with Gasteiger partial charge in [0.25, 0.3) is 0 Å². The molecule has 5 saturated heterocycles. The summed E-state index contributed by atoms with van der Waals surface area (Å²) >= 11 is 2.25. The number of urea groups is 4. The van der Waals surface area contributed by atoms with Gasteiger partial charge in [0.15, 0.2) is 0 Å². The van der Waals surface area contributed by atoms with Gasteiger partial charge in [0.1, 0.15) is 29.4 Å². The van der Waals surface area contributed by atoms with Crippen LogP contribution in [0.3, 0.4) is 0 Å². The van der Waals surface area contributed by atoms with E-state index < -0.39 is 28.5 Å². The standard InChI is InChI=1S/C21H20P.C13H17BN4O3.C11H15BN4O2.C11H13N3O.C10H15B2N2O3.C9H11IN2O2/c1-2-18-22(19-12-6-3-7-13-19,20-14-8-4-9-15-20)21-16-10-5-11-17-21;1-3-4-21-18-12-5-10(7-16(9-12)13(18)19)11-6-15-17(8-11)14(2)20;1-12(18)16-6-9(4-13-16)8-3-10-7-15(5-8)11(17)14(10)2;1-13-10-4-9(8-2-3-12-5-8)6-14(7-10)11(13)15;1-9(2)10(3,4)17-12(16-9)8-5-13-14(6-8)11-7-15;1-2-3-14-12-8-4-7(10)5-11(6-8)9(12)13/h2-18H,1H3;3,5-6,8,12,20H,1,4,7,9H2,2H3;3-4,6,10,18H,5,7H2,1-2H3;2,4-5,10H,3,6-7H2,1H3;5-7H,1-4H3;2,4,8H,1,3,5-6H2/q+1;;;;;/b18-2+;;;;;. The van der Waals surface area contributed by atoms with Crippen LogP contribution in [-0.2, 0) is 23.8 Å². The van der Waals surface area contributed by atoms with Gasteiger partial charge < -0.3 is 58.1 Å². The van der Waals surface area contributed by atoms with Crippen molar-refractivity contribution in [3.05, 3.63) is 222 Å². The highest BCUT2D eigenvalue weighted by Crippen LogP contribution is 2.57. The Kier molecular flexibility index (Phi) is 25.6. The van der Waals surface area contributed by atoms with Crippen molar-refractivity contribution in [3.63, 3.8) is 0 Å². The van der Waals surface area contributed by atoms with Crippen molar-refractivity contribution in [3.8, 4) is 0 Å². The first-order valence-electron chi connectivity index (χ1n) is 35.6. The molecule has 6 aromatic rings. The predicted octanol–water partition coefficient (Wildman–Crippen LogP) is 7.01. The Morgan fingerprint density at radius 2 is 1.05 bits per heavy atom. The number of nitrogens with zero attached hydrogens (tertiary/aromatic N) is 15. The molecule has 4 unspecified atom stereocenters. The van der Waals surface area contributed by atoms with Crippen molar-refractivity contribution in [1.29, 1.82) is 0 Å². The Bertz CT molecular complexity index is 4300. The number of aromatic nitrogens is 6. The smallest absolute Gasteiger partial charge is 0.431 e. The molecule has 8 amide bonds. The third-order valence-corrected chi connectivity index (χ3v) is 24.7. The zero-order valence-corrected chi connectivity index (χ0v) is 64.9. The van der Waals surface area contributed by atoms with Crippen LogP contribution in [-0.4, -0.2) is 265 Å². The Hall–Kier alpha value is -9.19. The van der Waals surface area contributed by atoms with E-state index in [1.807, 2.05) is 70.1 Å². The highest BCUT2D eigenvalue weighted by atomic mass is 127. The molecular formula is C75H91B4IN15O11P+. The van der Waals surface area contributed by atoms with Gasteiger partial charge in [-0.25, -0.2) is 19.2 Å². The minimum Gasteiger partial charge on any atom is -0.431 e. The van der Waals surface area contributed by atoms with Crippen LogP contribution >= 0.6 is 29.9 Å². The molecule has 10 aliphatic heterocycles. The van der Waals surface area contributed by atoms with Crippen molar-refractivity contribution in [1.82, 2.24) is 68.6 Å². The molecule has 13 heterocycles. The summed E-state index contributed by atoms with van der Waals surface area (Å²) in [6, 6.07) is 33.1. The average molecular weight is 1580 g/mol. The van der Waals surface area contributed by atoms with Gasteiger partial charge in [0.05, 0.1) is 79.9 Å². The molecule has 3 aromatic heterocycles. The second kappa shape index (κ2) is 34.8. The van der Waals surface area contributed by atoms with E-state index in [0.717, 1.165) is 60.5 Å². The number of carbonyl (C=O) groups is 5. The lowest BCUT2D eigenvalue weighted by Crippen LogP contribution is -2.41. The Labute approximate surface area is 641 Å². The summed E-state index contributed by atoms with van der Waals surface area (Å²) < 4.78 is 17.3. The highest BCUT2D eigenvalue weighted by molar-refractivity contribution is 14.1. The monoisotopic (exact) mass is 1580 g/mol. The maximum atomic E-state index is 12.2. The van der Waals surface area contributed by atoms with Gasteiger partial charge in [-0.3, -0.25) is 23.9 Å². The summed E-state index contributed by atoms with van der Waals surface area (Å²) in [5.41, 5.74) is 6.48. The molecule has 4 atom stereocenters. The SMILES string of the molecule is C/C=C/[P+](c1ccccc1)(c1ccccc1)c1ccccc1.C=CCON1C(=O)N2CC(I)=CC1C2.C=CCON1C(=O)N2CC(c3cnn(B(C)O)c3)=CC1C2.CB(O)n1cc(C2=CC3CN(C2)C(=O)N3C)cn1.CC1(C)OB(c2cnn([B]C=O)c2)OC1(C)C.CN1C(=O)N2CC(C3=CCN=C3)=CC1C2.